The number of aromatic amines is 1. The van der Waals surface area contributed by atoms with Gasteiger partial charge < -0.3 is 10.7 Å². The van der Waals surface area contributed by atoms with Crippen molar-refractivity contribution in [1.29, 1.82) is 0 Å². The van der Waals surface area contributed by atoms with Crippen LogP contribution in [0.1, 0.15) is 22.4 Å². The lowest BCUT2D eigenvalue weighted by Gasteiger charge is -2.28. The van der Waals surface area contributed by atoms with E-state index in [0.717, 1.165) is 46.9 Å². The molecule has 6 heteroatoms. The van der Waals surface area contributed by atoms with Gasteiger partial charge in [0.05, 0.1) is 11.3 Å². The fraction of sp³-hybridized carbons (Fsp3) is 0.238. The summed E-state index contributed by atoms with van der Waals surface area (Å²) in [6.07, 6.45) is 0.741. The fourth-order valence-electron chi connectivity index (χ4n) is 3.48. The van der Waals surface area contributed by atoms with Gasteiger partial charge in [-0.1, -0.05) is 23.7 Å². The highest BCUT2D eigenvalue weighted by molar-refractivity contribution is 6.31. The summed E-state index contributed by atoms with van der Waals surface area (Å²) in [5.74, 6) is 0.592. The van der Waals surface area contributed by atoms with Crippen molar-refractivity contribution >= 4 is 17.3 Å². The van der Waals surface area contributed by atoms with Gasteiger partial charge in [0.1, 0.15) is 5.82 Å². The van der Waals surface area contributed by atoms with Crippen LogP contribution < -0.4 is 11.3 Å². The lowest BCUT2D eigenvalue weighted by Crippen LogP contribution is -2.35. The molecule has 0 radical (unpaired) electrons. The van der Waals surface area contributed by atoms with E-state index in [9.17, 15) is 4.79 Å². The Morgan fingerprint density at radius 3 is 2.74 bits per heavy atom. The zero-order chi connectivity index (χ0) is 19.0. The number of H-pyrrole nitrogens is 1. The lowest BCUT2D eigenvalue weighted by atomic mass is 10.0. The van der Waals surface area contributed by atoms with Crippen LogP contribution in [0.2, 0.25) is 5.02 Å². The van der Waals surface area contributed by atoms with Gasteiger partial charge in [0.25, 0.3) is 5.56 Å². The minimum Gasteiger partial charge on any atom is -0.399 e. The number of anilines is 1. The van der Waals surface area contributed by atoms with Crippen LogP contribution in [0.4, 0.5) is 5.69 Å². The van der Waals surface area contributed by atoms with E-state index in [1.165, 1.54) is 5.56 Å². The van der Waals surface area contributed by atoms with Crippen molar-refractivity contribution in [3.8, 4) is 11.4 Å². The molecule has 0 amide bonds. The number of hydrogen-bond acceptors (Lipinski definition) is 4. The van der Waals surface area contributed by atoms with E-state index in [1.54, 1.807) is 0 Å². The Morgan fingerprint density at radius 2 is 2.00 bits per heavy atom. The van der Waals surface area contributed by atoms with Gasteiger partial charge >= 0.3 is 0 Å². The first-order valence-corrected chi connectivity index (χ1v) is 9.33. The summed E-state index contributed by atoms with van der Waals surface area (Å²) in [4.78, 5) is 22.5. The van der Waals surface area contributed by atoms with Crippen molar-refractivity contribution in [2.75, 3.05) is 12.3 Å². The Bertz CT molecular complexity index is 1020. The van der Waals surface area contributed by atoms with Crippen LogP contribution in [-0.4, -0.2) is 21.4 Å². The normalized spacial score (nSPS) is 14.1. The minimum absolute atomic E-state index is 0.0765. The first kappa shape index (κ1) is 17.8. The van der Waals surface area contributed by atoms with Gasteiger partial charge in [-0.05, 0) is 48.4 Å². The van der Waals surface area contributed by atoms with Crippen LogP contribution in [0, 0.1) is 6.92 Å². The van der Waals surface area contributed by atoms with Crippen LogP contribution >= 0.6 is 11.6 Å². The molecule has 1 aliphatic rings. The molecular formula is C21H21ClN4O. The van der Waals surface area contributed by atoms with Crippen LogP contribution in [0.3, 0.4) is 0 Å². The standard InChI is InChI=1S/C21H21ClN4O/c1-13-3-2-4-18(22)16(13)11-26-10-9-19-17(12-26)21(27)25-20(24-19)14-5-7-15(23)8-6-14/h2-8H,9-12,23H2,1H3,(H,24,25,27). The Morgan fingerprint density at radius 1 is 1.22 bits per heavy atom. The highest BCUT2D eigenvalue weighted by Crippen LogP contribution is 2.25. The summed E-state index contributed by atoms with van der Waals surface area (Å²) < 4.78 is 0. The Balaban J connectivity index is 1.60. The number of nitrogens with one attached hydrogen (secondary N) is 1. The highest BCUT2D eigenvalue weighted by atomic mass is 35.5. The maximum Gasteiger partial charge on any atom is 0.255 e. The number of nitrogens with zero attached hydrogens (tertiary/aromatic N) is 2. The molecule has 2 aromatic carbocycles. The van der Waals surface area contributed by atoms with Gasteiger partial charge in [-0.2, -0.15) is 0 Å². The summed E-state index contributed by atoms with van der Waals surface area (Å²) in [5.41, 5.74) is 11.1. The molecule has 2 heterocycles. The smallest absolute Gasteiger partial charge is 0.255 e. The number of aromatic nitrogens is 2. The molecule has 0 bridgehead atoms. The zero-order valence-corrected chi connectivity index (χ0v) is 15.9. The second-order valence-corrected chi connectivity index (χ2v) is 7.36. The number of rotatable bonds is 3. The molecule has 138 valence electrons. The molecule has 0 aliphatic carbocycles. The quantitative estimate of drug-likeness (QED) is 0.681. The number of nitrogen functional groups attached to an aromatic ring is 1. The third-order valence-electron chi connectivity index (χ3n) is 5.07. The molecule has 3 N–H and O–H groups in total. The second kappa shape index (κ2) is 7.18. The van der Waals surface area contributed by atoms with Crippen molar-refractivity contribution in [2.24, 2.45) is 0 Å². The van der Waals surface area contributed by atoms with Gasteiger partial charge in [0, 0.05) is 42.3 Å². The number of hydrogen-bond donors (Lipinski definition) is 2. The van der Waals surface area contributed by atoms with Gasteiger partial charge in [-0.25, -0.2) is 4.98 Å². The number of benzene rings is 2. The molecule has 4 rings (SSSR count). The minimum atomic E-state index is -0.0765. The fourth-order valence-corrected chi connectivity index (χ4v) is 3.77. The third-order valence-corrected chi connectivity index (χ3v) is 5.42. The van der Waals surface area contributed by atoms with E-state index >= 15 is 0 Å². The van der Waals surface area contributed by atoms with Crippen LogP contribution in [0.5, 0.6) is 0 Å². The Labute approximate surface area is 162 Å². The van der Waals surface area contributed by atoms with Gasteiger partial charge in [-0.15, -0.1) is 0 Å². The number of halogens is 1. The molecule has 0 spiro atoms. The molecule has 5 nitrogen and oxygen atoms in total. The molecular weight excluding hydrogens is 360 g/mol. The monoisotopic (exact) mass is 380 g/mol. The van der Waals surface area contributed by atoms with Crippen molar-refractivity contribution in [3.63, 3.8) is 0 Å². The second-order valence-electron chi connectivity index (χ2n) is 6.96. The summed E-state index contributed by atoms with van der Waals surface area (Å²) in [6, 6.07) is 13.3. The van der Waals surface area contributed by atoms with Crippen molar-refractivity contribution in [1.82, 2.24) is 14.9 Å². The van der Waals surface area contributed by atoms with E-state index < -0.39 is 0 Å². The number of fused-ring (bicyclic) bond motifs is 1. The molecule has 27 heavy (non-hydrogen) atoms. The van der Waals surface area contributed by atoms with Gasteiger partial charge in [-0.3, -0.25) is 9.69 Å². The Hall–Kier alpha value is -2.63. The highest BCUT2D eigenvalue weighted by Gasteiger charge is 2.22. The Kier molecular flexibility index (Phi) is 4.72. The number of aryl methyl sites for hydroxylation is 1. The van der Waals surface area contributed by atoms with Gasteiger partial charge in [0.2, 0.25) is 0 Å². The summed E-state index contributed by atoms with van der Waals surface area (Å²) in [7, 11) is 0. The van der Waals surface area contributed by atoms with Crippen LogP contribution in [0.15, 0.2) is 47.3 Å². The van der Waals surface area contributed by atoms with E-state index in [2.05, 4.69) is 22.9 Å². The zero-order valence-electron chi connectivity index (χ0n) is 15.1. The van der Waals surface area contributed by atoms with E-state index in [-0.39, 0.29) is 5.56 Å². The maximum absolute atomic E-state index is 12.7. The molecule has 0 saturated heterocycles. The maximum atomic E-state index is 12.7. The average molecular weight is 381 g/mol. The SMILES string of the molecule is Cc1cccc(Cl)c1CN1CCc2nc(-c3ccc(N)cc3)[nH]c(=O)c2C1. The summed E-state index contributed by atoms with van der Waals surface area (Å²) >= 11 is 6.36. The predicted molar refractivity (Wildman–Crippen MR) is 109 cm³/mol. The summed E-state index contributed by atoms with van der Waals surface area (Å²) in [6.45, 7) is 4.20. The average Bonchev–Trinajstić information content (AvgIpc) is 2.66. The predicted octanol–water partition coefficient (Wildman–Crippen LogP) is 3.54. The molecule has 0 atom stereocenters. The van der Waals surface area contributed by atoms with Crippen molar-refractivity contribution in [2.45, 2.75) is 26.4 Å². The summed E-state index contributed by atoms with van der Waals surface area (Å²) in [5, 5.41) is 0.770. The van der Waals surface area contributed by atoms with E-state index in [1.807, 2.05) is 36.4 Å². The molecule has 3 aromatic rings. The molecule has 1 aliphatic heterocycles. The van der Waals surface area contributed by atoms with Crippen LogP contribution in [-0.2, 0) is 19.5 Å². The molecule has 0 fully saturated rings. The molecule has 0 saturated carbocycles. The van der Waals surface area contributed by atoms with E-state index in [0.29, 0.717) is 18.1 Å². The topological polar surface area (TPSA) is 75.0 Å². The van der Waals surface area contributed by atoms with Gasteiger partial charge in [0.15, 0.2) is 0 Å². The third kappa shape index (κ3) is 3.61. The largest absolute Gasteiger partial charge is 0.399 e. The molecule has 1 aromatic heterocycles. The first-order valence-electron chi connectivity index (χ1n) is 8.95. The first-order chi connectivity index (χ1) is 13.0. The number of nitrogens with two attached hydrogens (primary N) is 1. The van der Waals surface area contributed by atoms with Crippen molar-refractivity contribution in [3.05, 3.63) is 80.2 Å². The lowest BCUT2D eigenvalue weighted by molar-refractivity contribution is 0.241. The van der Waals surface area contributed by atoms with Crippen molar-refractivity contribution < 1.29 is 0 Å². The van der Waals surface area contributed by atoms with Crippen LogP contribution in [0.25, 0.3) is 11.4 Å². The van der Waals surface area contributed by atoms with E-state index in [4.69, 9.17) is 22.3 Å². The molecule has 0 unspecified atom stereocenters.